The summed E-state index contributed by atoms with van der Waals surface area (Å²) in [6.07, 6.45) is -4.46. The molecule has 0 atom stereocenters. The van der Waals surface area contributed by atoms with Gasteiger partial charge in [0.25, 0.3) is 0 Å². The highest BCUT2D eigenvalue weighted by Crippen LogP contribution is 2.34. The summed E-state index contributed by atoms with van der Waals surface area (Å²) in [5.41, 5.74) is -0.628. The third-order valence-electron chi connectivity index (χ3n) is 2.06. The van der Waals surface area contributed by atoms with Gasteiger partial charge in [0, 0.05) is 7.05 Å². The van der Waals surface area contributed by atoms with Crippen molar-refractivity contribution in [1.82, 2.24) is 0 Å². The fraction of sp³-hybridized carbons (Fsp3) is 0.300. The zero-order chi connectivity index (χ0) is 13.2. The van der Waals surface area contributed by atoms with Crippen molar-refractivity contribution in [1.29, 1.82) is 0 Å². The maximum atomic E-state index is 12.3. The second-order valence-electron chi connectivity index (χ2n) is 3.41. The van der Waals surface area contributed by atoms with Crippen LogP contribution in [0.5, 0.6) is 0 Å². The Kier molecular flexibility index (Phi) is 3.87. The van der Waals surface area contributed by atoms with Crippen LogP contribution >= 0.6 is 11.6 Å². The van der Waals surface area contributed by atoms with E-state index < -0.39 is 17.7 Å². The molecule has 1 N–H and O–H groups in total. The molecule has 94 valence electrons. The molecule has 0 aliphatic rings. The van der Waals surface area contributed by atoms with E-state index in [4.69, 9.17) is 16.7 Å². The van der Waals surface area contributed by atoms with Gasteiger partial charge in [-0.3, -0.25) is 4.79 Å². The molecule has 0 saturated heterocycles. The third kappa shape index (κ3) is 3.52. The van der Waals surface area contributed by atoms with Crippen molar-refractivity contribution in [3.05, 3.63) is 28.8 Å². The molecule has 0 amide bonds. The SMILES string of the molecule is CN(CC(=O)O)c1ccc(C(F)(F)F)cc1Cl. The molecule has 1 rings (SSSR count). The van der Waals surface area contributed by atoms with Crippen molar-refractivity contribution in [2.45, 2.75) is 6.18 Å². The summed E-state index contributed by atoms with van der Waals surface area (Å²) in [5.74, 6) is -1.09. The molecule has 0 aromatic heterocycles. The fourth-order valence-electron chi connectivity index (χ4n) is 1.28. The quantitative estimate of drug-likeness (QED) is 0.915. The van der Waals surface area contributed by atoms with Crippen molar-refractivity contribution >= 4 is 23.3 Å². The summed E-state index contributed by atoms with van der Waals surface area (Å²) in [4.78, 5) is 11.7. The van der Waals surface area contributed by atoms with Gasteiger partial charge in [0.1, 0.15) is 6.54 Å². The van der Waals surface area contributed by atoms with Crippen LogP contribution in [0.3, 0.4) is 0 Å². The Hall–Kier alpha value is -1.43. The lowest BCUT2D eigenvalue weighted by Crippen LogP contribution is -2.25. The van der Waals surface area contributed by atoms with Crippen molar-refractivity contribution in [3.63, 3.8) is 0 Å². The summed E-state index contributed by atoms with van der Waals surface area (Å²) >= 11 is 5.68. The first-order chi connectivity index (χ1) is 7.71. The number of halogens is 4. The number of alkyl halides is 3. The Morgan fingerprint density at radius 1 is 1.47 bits per heavy atom. The van der Waals surface area contributed by atoms with Gasteiger partial charge < -0.3 is 10.0 Å². The Morgan fingerprint density at radius 3 is 2.47 bits per heavy atom. The molecule has 0 saturated carbocycles. The number of hydrogen-bond acceptors (Lipinski definition) is 2. The van der Waals surface area contributed by atoms with Gasteiger partial charge in [0.05, 0.1) is 16.3 Å². The number of benzene rings is 1. The summed E-state index contributed by atoms with van der Waals surface area (Å²) in [7, 11) is 1.43. The molecule has 0 spiro atoms. The van der Waals surface area contributed by atoms with Gasteiger partial charge in [0.2, 0.25) is 0 Å². The van der Waals surface area contributed by atoms with Crippen LogP contribution in [-0.2, 0) is 11.0 Å². The van der Waals surface area contributed by atoms with Gasteiger partial charge in [-0.05, 0) is 18.2 Å². The molecule has 7 heteroatoms. The fourth-order valence-corrected chi connectivity index (χ4v) is 1.61. The lowest BCUT2D eigenvalue weighted by molar-refractivity contribution is -0.138. The molecule has 0 aliphatic heterocycles. The second kappa shape index (κ2) is 4.83. The first kappa shape index (κ1) is 13.6. The van der Waals surface area contributed by atoms with Gasteiger partial charge in [-0.1, -0.05) is 11.6 Å². The van der Waals surface area contributed by atoms with Crippen molar-refractivity contribution in [2.24, 2.45) is 0 Å². The maximum Gasteiger partial charge on any atom is 0.416 e. The number of anilines is 1. The minimum Gasteiger partial charge on any atom is -0.480 e. The van der Waals surface area contributed by atoms with Crippen LogP contribution in [0.15, 0.2) is 18.2 Å². The molecule has 17 heavy (non-hydrogen) atoms. The number of carboxylic acid groups (broad SMARTS) is 1. The van der Waals surface area contributed by atoms with Gasteiger partial charge in [-0.15, -0.1) is 0 Å². The van der Waals surface area contributed by atoms with Crippen LogP contribution in [0.2, 0.25) is 5.02 Å². The van der Waals surface area contributed by atoms with Crippen LogP contribution in [0.25, 0.3) is 0 Å². The minimum atomic E-state index is -4.46. The van der Waals surface area contributed by atoms with E-state index in [9.17, 15) is 18.0 Å². The largest absolute Gasteiger partial charge is 0.480 e. The molecule has 1 aromatic carbocycles. The molecule has 0 radical (unpaired) electrons. The average molecular weight is 268 g/mol. The van der Waals surface area contributed by atoms with E-state index in [1.807, 2.05) is 0 Å². The normalized spacial score (nSPS) is 11.4. The molecule has 0 unspecified atom stereocenters. The first-order valence-corrected chi connectivity index (χ1v) is 4.89. The molecule has 1 aromatic rings. The number of carboxylic acids is 1. The summed E-state index contributed by atoms with van der Waals surface area (Å²) in [5, 5.41) is 8.42. The average Bonchev–Trinajstić information content (AvgIpc) is 2.14. The summed E-state index contributed by atoms with van der Waals surface area (Å²) in [6.45, 7) is -0.342. The van der Waals surface area contributed by atoms with Crippen LogP contribution in [0.4, 0.5) is 18.9 Å². The molecular weight excluding hydrogens is 259 g/mol. The number of aliphatic carboxylic acids is 1. The van der Waals surface area contributed by atoms with E-state index in [0.29, 0.717) is 0 Å². The Bertz CT molecular complexity index is 434. The topological polar surface area (TPSA) is 40.5 Å². The van der Waals surface area contributed by atoms with Crippen LogP contribution in [0, 0.1) is 0 Å². The van der Waals surface area contributed by atoms with E-state index in [1.165, 1.54) is 11.9 Å². The number of carbonyl (C=O) groups is 1. The smallest absolute Gasteiger partial charge is 0.416 e. The van der Waals surface area contributed by atoms with E-state index in [-0.39, 0.29) is 17.3 Å². The van der Waals surface area contributed by atoms with Crippen LogP contribution in [-0.4, -0.2) is 24.7 Å². The van der Waals surface area contributed by atoms with Gasteiger partial charge in [-0.2, -0.15) is 13.2 Å². The first-order valence-electron chi connectivity index (χ1n) is 4.51. The predicted octanol–water partition coefficient (Wildman–Crippen LogP) is 2.88. The second-order valence-corrected chi connectivity index (χ2v) is 3.82. The Balaban J connectivity index is 3.02. The molecule has 0 fully saturated rings. The van der Waals surface area contributed by atoms with Gasteiger partial charge in [-0.25, -0.2) is 0 Å². The van der Waals surface area contributed by atoms with E-state index in [0.717, 1.165) is 18.2 Å². The van der Waals surface area contributed by atoms with Crippen molar-refractivity contribution in [3.8, 4) is 0 Å². The molecule has 0 heterocycles. The maximum absolute atomic E-state index is 12.3. The van der Waals surface area contributed by atoms with Gasteiger partial charge in [0.15, 0.2) is 0 Å². The van der Waals surface area contributed by atoms with Crippen LogP contribution < -0.4 is 4.90 Å². The number of hydrogen-bond donors (Lipinski definition) is 1. The van der Waals surface area contributed by atoms with Gasteiger partial charge >= 0.3 is 12.1 Å². The minimum absolute atomic E-state index is 0.136. The van der Waals surface area contributed by atoms with Crippen molar-refractivity contribution < 1.29 is 23.1 Å². The van der Waals surface area contributed by atoms with E-state index in [1.54, 1.807) is 0 Å². The highest BCUT2D eigenvalue weighted by molar-refractivity contribution is 6.33. The predicted molar refractivity (Wildman–Crippen MR) is 57.4 cm³/mol. The number of rotatable bonds is 3. The monoisotopic (exact) mass is 267 g/mol. The number of likely N-dealkylation sites (N-methyl/N-ethyl adjacent to an activating group) is 1. The Morgan fingerprint density at radius 2 is 2.06 bits per heavy atom. The van der Waals surface area contributed by atoms with E-state index >= 15 is 0 Å². The van der Waals surface area contributed by atoms with Crippen LogP contribution in [0.1, 0.15) is 5.56 Å². The zero-order valence-electron chi connectivity index (χ0n) is 8.75. The zero-order valence-corrected chi connectivity index (χ0v) is 9.51. The molecule has 0 aliphatic carbocycles. The molecule has 3 nitrogen and oxygen atoms in total. The molecular formula is C10H9ClF3NO2. The highest BCUT2D eigenvalue weighted by Gasteiger charge is 2.31. The van der Waals surface area contributed by atoms with Crippen molar-refractivity contribution in [2.75, 3.05) is 18.5 Å². The molecule has 0 bridgehead atoms. The Labute approximate surface area is 100 Å². The lowest BCUT2D eigenvalue weighted by Gasteiger charge is -2.19. The summed E-state index contributed by atoms with van der Waals surface area (Å²) in [6, 6.07) is 2.78. The highest BCUT2D eigenvalue weighted by atomic mass is 35.5. The summed E-state index contributed by atoms with van der Waals surface area (Å²) < 4.78 is 37.0. The number of nitrogens with zero attached hydrogens (tertiary/aromatic N) is 1. The standard InChI is InChI=1S/C10H9ClF3NO2/c1-15(5-9(16)17)8-3-2-6(4-7(8)11)10(12,13)14/h2-4H,5H2,1H3,(H,16,17). The lowest BCUT2D eigenvalue weighted by atomic mass is 10.2. The third-order valence-corrected chi connectivity index (χ3v) is 2.36. The van der Waals surface area contributed by atoms with E-state index in [2.05, 4.69) is 0 Å².